The molecule has 0 aromatic rings. The van der Waals surface area contributed by atoms with Crippen LogP contribution in [-0.4, -0.2) is 29.5 Å². The molecule has 0 aliphatic carbocycles. The number of aliphatic hydroxyl groups is 2. The highest BCUT2D eigenvalue weighted by atomic mass is 16.3. The third kappa shape index (κ3) is 35.1. The van der Waals surface area contributed by atoms with E-state index in [0.717, 1.165) is 25.7 Å². The quantitative estimate of drug-likeness (QED) is 0.428. The summed E-state index contributed by atoms with van der Waals surface area (Å²) in [5, 5.41) is 16.6. The van der Waals surface area contributed by atoms with Crippen LogP contribution in [0, 0.1) is 0 Å². The number of hydrogen-bond donors (Lipinski definition) is 4. The van der Waals surface area contributed by atoms with E-state index in [2.05, 4.69) is 11.5 Å². The summed E-state index contributed by atoms with van der Waals surface area (Å²) >= 11 is 0. The Balaban J connectivity index is 0. The van der Waals surface area contributed by atoms with E-state index in [9.17, 15) is 0 Å². The molecule has 0 rings (SSSR count). The van der Waals surface area contributed by atoms with Crippen LogP contribution in [-0.2, 0) is 0 Å². The molecule has 5 heteroatoms. The van der Waals surface area contributed by atoms with E-state index in [1.807, 2.05) is 0 Å². The van der Waals surface area contributed by atoms with Crippen LogP contribution in [0.5, 0.6) is 0 Å². The summed E-state index contributed by atoms with van der Waals surface area (Å²) in [7, 11) is 0. The largest absolute Gasteiger partial charge is 0.396 e. The SMILES string of the molecule is NC(N)=O.OCCCCCCO. The minimum atomic E-state index is -0.833. The van der Waals surface area contributed by atoms with E-state index >= 15 is 0 Å². The van der Waals surface area contributed by atoms with Crippen LogP contribution < -0.4 is 11.5 Å². The van der Waals surface area contributed by atoms with E-state index in [-0.39, 0.29) is 13.2 Å². The van der Waals surface area contributed by atoms with Crippen molar-refractivity contribution in [2.75, 3.05) is 13.2 Å². The topological polar surface area (TPSA) is 110 Å². The van der Waals surface area contributed by atoms with Gasteiger partial charge in [-0.1, -0.05) is 12.8 Å². The second-order valence-corrected chi connectivity index (χ2v) is 2.26. The number of hydrogen-bond acceptors (Lipinski definition) is 3. The summed E-state index contributed by atoms with van der Waals surface area (Å²) in [4.78, 5) is 9.00. The molecule has 0 aromatic carbocycles. The summed E-state index contributed by atoms with van der Waals surface area (Å²) in [6.07, 6.45) is 3.83. The number of unbranched alkanes of at least 4 members (excludes halogenated alkanes) is 3. The second kappa shape index (κ2) is 12.8. The van der Waals surface area contributed by atoms with Crippen LogP contribution >= 0.6 is 0 Å². The highest BCUT2D eigenvalue weighted by molar-refractivity contribution is 5.69. The van der Waals surface area contributed by atoms with Crippen molar-refractivity contribution in [3.05, 3.63) is 0 Å². The molecule has 0 saturated heterocycles. The molecule has 0 aliphatic heterocycles. The molecule has 0 bridgehead atoms. The second-order valence-electron chi connectivity index (χ2n) is 2.26. The number of nitrogens with two attached hydrogens (primary N) is 2. The summed E-state index contributed by atoms with van der Waals surface area (Å²) in [6.45, 7) is 0.566. The lowest BCUT2D eigenvalue weighted by molar-refractivity contribution is 0.256. The minimum Gasteiger partial charge on any atom is -0.396 e. The zero-order valence-corrected chi connectivity index (χ0v) is 7.20. The molecule has 6 N–H and O–H groups in total. The molecule has 12 heavy (non-hydrogen) atoms. The number of urea groups is 1. The molecule has 0 radical (unpaired) electrons. The number of carbonyl (C=O) groups is 1. The molecule has 0 fully saturated rings. The van der Waals surface area contributed by atoms with Crippen molar-refractivity contribution >= 4 is 6.03 Å². The first-order valence-corrected chi connectivity index (χ1v) is 3.91. The third-order valence-electron chi connectivity index (χ3n) is 1.07. The van der Waals surface area contributed by atoms with Gasteiger partial charge in [0.05, 0.1) is 0 Å². The molecule has 0 spiro atoms. The van der Waals surface area contributed by atoms with Crippen molar-refractivity contribution in [3.63, 3.8) is 0 Å². The van der Waals surface area contributed by atoms with E-state index in [4.69, 9.17) is 15.0 Å². The Morgan fingerprint density at radius 1 is 0.917 bits per heavy atom. The van der Waals surface area contributed by atoms with Gasteiger partial charge in [0.2, 0.25) is 0 Å². The van der Waals surface area contributed by atoms with Gasteiger partial charge in [-0.05, 0) is 12.8 Å². The lowest BCUT2D eigenvalue weighted by Gasteiger charge is -1.93. The first kappa shape index (κ1) is 13.8. The molecule has 0 atom stereocenters. The lowest BCUT2D eigenvalue weighted by atomic mass is 10.2. The van der Waals surface area contributed by atoms with Gasteiger partial charge < -0.3 is 21.7 Å². The Hall–Kier alpha value is -0.810. The van der Waals surface area contributed by atoms with Crippen LogP contribution in [0.2, 0.25) is 0 Å². The lowest BCUT2D eigenvalue weighted by Crippen LogP contribution is -2.18. The van der Waals surface area contributed by atoms with E-state index in [1.54, 1.807) is 0 Å². The predicted molar refractivity (Wildman–Crippen MR) is 46.4 cm³/mol. The number of rotatable bonds is 5. The fourth-order valence-corrected chi connectivity index (χ4v) is 0.577. The van der Waals surface area contributed by atoms with E-state index < -0.39 is 6.03 Å². The first-order valence-electron chi connectivity index (χ1n) is 3.91. The number of amides is 2. The molecule has 0 saturated carbocycles. The van der Waals surface area contributed by atoms with Crippen molar-refractivity contribution < 1.29 is 15.0 Å². The van der Waals surface area contributed by atoms with Gasteiger partial charge in [0, 0.05) is 13.2 Å². The van der Waals surface area contributed by atoms with Gasteiger partial charge in [-0.3, -0.25) is 0 Å². The Morgan fingerprint density at radius 2 is 1.17 bits per heavy atom. The van der Waals surface area contributed by atoms with Crippen LogP contribution in [0.15, 0.2) is 0 Å². The van der Waals surface area contributed by atoms with Gasteiger partial charge in [-0.2, -0.15) is 0 Å². The maximum Gasteiger partial charge on any atom is 0.309 e. The summed E-state index contributed by atoms with van der Waals surface area (Å²) < 4.78 is 0. The zero-order valence-electron chi connectivity index (χ0n) is 7.20. The smallest absolute Gasteiger partial charge is 0.309 e. The predicted octanol–water partition coefficient (Wildman–Crippen LogP) is -0.445. The van der Waals surface area contributed by atoms with Crippen LogP contribution in [0.1, 0.15) is 25.7 Å². The maximum atomic E-state index is 9.00. The monoisotopic (exact) mass is 178 g/mol. The molecule has 0 unspecified atom stereocenters. The van der Waals surface area contributed by atoms with Gasteiger partial charge in [-0.25, -0.2) is 4.79 Å². The summed E-state index contributed by atoms with van der Waals surface area (Å²) in [5.41, 5.74) is 8.50. The average molecular weight is 178 g/mol. The van der Waals surface area contributed by atoms with Gasteiger partial charge in [0.15, 0.2) is 0 Å². The molecule has 0 heterocycles. The molecule has 0 aromatic heterocycles. The third-order valence-corrected chi connectivity index (χ3v) is 1.07. The van der Waals surface area contributed by atoms with E-state index in [1.165, 1.54) is 0 Å². The highest BCUT2D eigenvalue weighted by Crippen LogP contribution is 1.96. The van der Waals surface area contributed by atoms with Crippen LogP contribution in [0.3, 0.4) is 0 Å². The molecule has 2 amide bonds. The Kier molecular flexibility index (Phi) is 14.7. The fourth-order valence-electron chi connectivity index (χ4n) is 0.577. The number of primary amides is 2. The van der Waals surface area contributed by atoms with Gasteiger partial charge >= 0.3 is 6.03 Å². The van der Waals surface area contributed by atoms with Crippen molar-refractivity contribution in [2.24, 2.45) is 11.5 Å². The number of carbonyl (C=O) groups excluding carboxylic acids is 1. The highest BCUT2D eigenvalue weighted by Gasteiger charge is 1.84. The Bertz CT molecular complexity index is 88.7. The zero-order chi connectivity index (χ0) is 9.82. The number of aliphatic hydroxyl groups excluding tert-OH is 2. The van der Waals surface area contributed by atoms with Crippen LogP contribution in [0.4, 0.5) is 4.79 Å². The van der Waals surface area contributed by atoms with Gasteiger partial charge in [0.25, 0.3) is 0 Å². The van der Waals surface area contributed by atoms with Crippen molar-refractivity contribution in [1.82, 2.24) is 0 Å². The van der Waals surface area contributed by atoms with Gasteiger partial charge in [0.1, 0.15) is 0 Å². The molecular weight excluding hydrogens is 160 g/mol. The average Bonchev–Trinajstić information content (AvgIpc) is 1.97. The molecule has 0 aliphatic rings. The normalized spacial score (nSPS) is 8.50. The van der Waals surface area contributed by atoms with Gasteiger partial charge in [-0.15, -0.1) is 0 Å². The summed E-state index contributed by atoms with van der Waals surface area (Å²) in [5.74, 6) is 0. The summed E-state index contributed by atoms with van der Waals surface area (Å²) in [6, 6.07) is -0.833. The van der Waals surface area contributed by atoms with Crippen LogP contribution in [0.25, 0.3) is 0 Å². The molecular formula is C7H18N2O3. The van der Waals surface area contributed by atoms with Crippen molar-refractivity contribution in [3.8, 4) is 0 Å². The van der Waals surface area contributed by atoms with Crippen molar-refractivity contribution in [2.45, 2.75) is 25.7 Å². The molecule has 74 valence electrons. The maximum absolute atomic E-state index is 9.00. The Morgan fingerprint density at radius 3 is 1.33 bits per heavy atom. The van der Waals surface area contributed by atoms with Crippen molar-refractivity contribution in [1.29, 1.82) is 0 Å². The minimum absolute atomic E-state index is 0.283. The Labute approximate surface area is 72.4 Å². The fraction of sp³-hybridized carbons (Fsp3) is 0.857. The molecule has 5 nitrogen and oxygen atoms in total. The first-order chi connectivity index (χ1) is 5.65. The van der Waals surface area contributed by atoms with E-state index in [0.29, 0.717) is 0 Å². The standard InChI is InChI=1S/C6H14O2.CH4N2O/c7-5-3-1-2-4-6-8;2-1(3)4/h7-8H,1-6H2;(H4,2,3,4).